The monoisotopic (exact) mass is 637 g/mol. The van der Waals surface area contributed by atoms with E-state index in [1.807, 2.05) is 0 Å². The highest BCUT2D eigenvalue weighted by Gasteiger charge is 2.56. The summed E-state index contributed by atoms with van der Waals surface area (Å²) in [6, 6.07) is 9.03. The maximum absolute atomic E-state index is 13.4. The Labute approximate surface area is 249 Å². The highest BCUT2D eigenvalue weighted by molar-refractivity contribution is 8.00. The molecule has 1 aromatic heterocycles. The maximum Gasteiger partial charge on any atom is 0.418 e. The van der Waals surface area contributed by atoms with Gasteiger partial charge in [0.15, 0.2) is 18.1 Å². The van der Waals surface area contributed by atoms with Crippen molar-refractivity contribution < 1.29 is 46.9 Å². The van der Waals surface area contributed by atoms with E-state index in [2.05, 4.69) is 10.3 Å². The second-order valence-electron chi connectivity index (χ2n) is 9.43. The van der Waals surface area contributed by atoms with Crippen molar-refractivity contribution in [3.05, 3.63) is 68.1 Å². The first kappa shape index (κ1) is 30.2. The topological polar surface area (TPSA) is 155 Å². The lowest BCUT2D eigenvalue weighted by Crippen LogP contribution is -2.36. The number of H-pyrrole nitrogens is 1. The third-order valence-corrected chi connectivity index (χ3v) is 9.10. The third kappa shape index (κ3) is 5.97. The minimum Gasteiger partial charge on any atom is -0.490 e. The average Bonchev–Trinajstić information content (AvgIpc) is 3.42. The summed E-state index contributed by atoms with van der Waals surface area (Å²) in [7, 11) is 0. The Hall–Kier alpha value is -4.31. The molecular formula is C27H22F3N3O8S2. The van der Waals surface area contributed by atoms with Crippen molar-refractivity contribution >= 4 is 52.5 Å². The van der Waals surface area contributed by atoms with Crippen molar-refractivity contribution in [3.63, 3.8) is 0 Å². The van der Waals surface area contributed by atoms with Crippen LogP contribution < -0.4 is 19.7 Å². The zero-order valence-electron chi connectivity index (χ0n) is 22.1. The summed E-state index contributed by atoms with van der Waals surface area (Å²) in [6.45, 7) is 0.388. The number of benzene rings is 2. The van der Waals surface area contributed by atoms with E-state index in [1.165, 1.54) is 24.3 Å². The van der Waals surface area contributed by atoms with E-state index in [1.54, 1.807) is 13.0 Å². The fraction of sp³-hybridized carbons (Fsp3) is 0.296. The first-order valence-corrected chi connectivity index (χ1v) is 14.4. The van der Waals surface area contributed by atoms with Gasteiger partial charge in [-0.1, -0.05) is 41.3 Å². The van der Waals surface area contributed by atoms with Gasteiger partial charge in [0.25, 0.3) is 5.91 Å². The summed E-state index contributed by atoms with van der Waals surface area (Å²) >= 11 is 1.87. The molecule has 1 saturated heterocycles. The Morgan fingerprint density at radius 3 is 2.51 bits per heavy atom. The number of fused-ring (bicyclic) bond motifs is 2. The van der Waals surface area contributed by atoms with Crippen LogP contribution >= 0.6 is 23.1 Å². The molecule has 3 aromatic rings. The zero-order chi connectivity index (χ0) is 31.1. The summed E-state index contributed by atoms with van der Waals surface area (Å²) in [6.07, 6.45) is -4.68. The molecule has 0 unspecified atom stereocenters. The van der Waals surface area contributed by atoms with Crippen LogP contribution in [0.1, 0.15) is 28.8 Å². The molecule has 0 spiro atoms. The molecule has 3 heterocycles. The maximum atomic E-state index is 13.4. The lowest BCUT2D eigenvalue weighted by atomic mass is 9.83. The molecule has 16 heteroatoms. The highest BCUT2D eigenvalue weighted by atomic mass is 32.2. The van der Waals surface area contributed by atoms with Crippen LogP contribution in [-0.2, 0) is 25.4 Å². The number of likely N-dealkylation sites (tertiary alicyclic amines) is 1. The number of aromatic nitrogens is 1. The predicted molar refractivity (Wildman–Crippen MR) is 147 cm³/mol. The minimum absolute atomic E-state index is 0.0791. The number of aliphatic carboxylic acids is 1. The molecule has 1 fully saturated rings. The number of ether oxygens (including phenoxy) is 2. The molecule has 0 radical (unpaired) electrons. The molecule has 0 aliphatic carbocycles. The summed E-state index contributed by atoms with van der Waals surface area (Å²) in [5.41, 5.74) is -0.979. The van der Waals surface area contributed by atoms with E-state index < -0.39 is 76.2 Å². The van der Waals surface area contributed by atoms with E-state index in [9.17, 15) is 42.3 Å². The van der Waals surface area contributed by atoms with Crippen molar-refractivity contribution in [2.75, 3.05) is 25.1 Å². The number of para-hydroxylation sites is 1. The smallest absolute Gasteiger partial charge is 0.418 e. The number of thioether (sulfide) groups is 1. The first-order valence-electron chi connectivity index (χ1n) is 12.7. The molecule has 43 heavy (non-hydrogen) atoms. The number of nitrogens with one attached hydrogen (secondary N) is 2. The summed E-state index contributed by atoms with van der Waals surface area (Å²) in [4.78, 5) is 65.9. The Kier molecular flexibility index (Phi) is 8.25. The van der Waals surface area contributed by atoms with Crippen LogP contribution in [0.15, 0.2) is 52.3 Å². The van der Waals surface area contributed by atoms with E-state index >= 15 is 0 Å². The van der Waals surface area contributed by atoms with Crippen LogP contribution in [0.2, 0.25) is 0 Å². The number of imide groups is 1. The molecule has 3 N–H and O–H groups in total. The summed E-state index contributed by atoms with van der Waals surface area (Å²) < 4.78 is 51.1. The average molecular weight is 638 g/mol. The molecule has 11 nitrogen and oxygen atoms in total. The number of hydrogen-bond donors (Lipinski definition) is 3. The Morgan fingerprint density at radius 2 is 1.81 bits per heavy atom. The van der Waals surface area contributed by atoms with Crippen LogP contribution in [0.5, 0.6) is 11.5 Å². The van der Waals surface area contributed by atoms with Gasteiger partial charge >= 0.3 is 17.0 Å². The van der Waals surface area contributed by atoms with E-state index in [0.29, 0.717) is 20.4 Å². The number of alkyl halides is 3. The van der Waals surface area contributed by atoms with Crippen LogP contribution in [0.3, 0.4) is 0 Å². The van der Waals surface area contributed by atoms with Gasteiger partial charge in [-0.05, 0) is 36.8 Å². The number of rotatable bonds is 9. The molecule has 3 atom stereocenters. The van der Waals surface area contributed by atoms with E-state index in [-0.39, 0.29) is 18.1 Å². The van der Waals surface area contributed by atoms with Gasteiger partial charge in [-0.15, -0.1) is 0 Å². The van der Waals surface area contributed by atoms with Crippen LogP contribution in [0, 0.1) is 5.92 Å². The molecule has 0 saturated carbocycles. The number of carboxylic acids is 1. The SMILES string of the molecule is CCOc1cc([C@@H]2c3sc(=O)[nH]c3S[C@@H]3C(=O)N(CC(=O)O)C(=O)[C@H]23)ccc1OCC(=O)Nc1ccccc1C(F)(F)F. The lowest BCUT2D eigenvalue weighted by molar-refractivity contribution is -0.149. The number of halogens is 3. The second kappa shape index (κ2) is 11.8. The van der Waals surface area contributed by atoms with Gasteiger partial charge in [-0.3, -0.25) is 28.9 Å². The van der Waals surface area contributed by atoms with Crippen molar-refractivity contribution in [2.45, 2.75) is 29.3 Å². The Bertz CT molecular complexity index is 1670. The van der Waals surface area contributed by atoms with Gasteiger partial charge in [-0.25, -0.2) is 0 Å². The fourth-order valence-electron chi connectivity index (χ4n) is 5.00. The first-order chi connectivity index (χ1) is 20.4. The molecule has 2 aliphatic rings. The number of carbonyl (C=O) groups is 4. The molecule has 2 aromatic carbocycles. The number of amides is 3. The number of thiazole rings is 1. The minimum atomic E-state index is -4.68. The molecule has 3 amide bonds. The van der Waals surface area contributed by atoms with Gasteiger partial charge in [0.1, 0.15) is 11.8 Å². The van der Waals surface area contributed by atoms with E-state index in [4.69, 9.17) is 9.47 Å². The number of hydrogen-bond acceptors (Lipinski definition) is 9. The number of carboxylic acid groups (broad SMARTS) is 1. The van der Waals surface area contributed by atoms with Crippen molar-refractivity contribution in [2.24, 2.45) is 5.92 Å². The quantitative estimate of drug-likeness (QED) is 0.299. The standard InChI is InChI=1S/C27H22F3N3O8S2/c1-2-40-16-9-12(7-8-15(16)41-11-17(34)31-14-6-4-3-5-13(14)27(28,29)30)19-20-22(42-23-21(19)43-26(39)32-23)25(38)33(24(20)37)10-18(35)36/h3-9,19-20,22H,2,10-11H2,1H3,(H,31,34)(H,32,39)(H,35,36)/t19-,20+,22-/m0/s1. The molecular weight excluding hydrogens is 615 g/mol. The van der Waals surface area contributed by atoms with Crippen LogP contribution in [0.4, 0.5) is 18.9 Å². The number of anilines is 1. The van der Waals surface area contributed by atoms with Gasteiger partial charge < -0.3 is 24.9 Å². The van der Waals surface area contributed by atoms with E-state index in [0.717, 1.165) is 35.2 Å². The van der Waals surface area contributed by atoms with Gasteiger partial charge in [-0.2, -0.15) is 13.2 Å². The summed E-state index contributed by atoms with van der Waals surface area (Å²) in [5.74, 6) is -5.16. The second-order valence-corrected chi connectivity index (χ2v) is 11.6. The summed E-state index contributed by atoms with van der Waals surface area (Å²) in [5, 5.41) is 10.9. The molecule has 0 bridgehead atoms. The van der Waals surface area contributed by atoms with Crippen molar-refractivity contribution in [1.29, 1.82) is 0 Å². The number of aromatic amines is 1. The van der Waals surface area contributed by atoms with Gasteiger partial charge in [0.05, 0.1) is 28.8 Å². The van der Waals surface area contributed by atoms with Crippen LogP contribution in [-0.4, -0.2) is 63.7 Å². The zero-order valence-corrected chi connectivity index (χ0v) is 23.7. The number of carbonyl (C=O) groups excluding carboxylic acids is 3. The van der Waals surface area contributed by atoms with Gasteiger partial charge in [0, 0.05) is 10.8 Å². The number of nitrogens with zero attached hydrogens (tertiary/aromatic N) is 1. The van der Waals surface area contributed by atoms with Crippen LogP contribution in [0.25, 0.3) is 0 Å². The molecule has 5 rings (SSSR count). The van der Waals surface area contributed by atoms with Crippen molar-refractivity contribution in [1.82, 2.24) is 9.88 Å². The molecule has 2 aliphatic heterocycles. The fourth-order valence-corrected chi connectivity index (χ4v) is 7.54. The highest BCUT2D eigenvalue weighted by Crippen LogP contribution is 2.53. The lowest BCUT2D eigenvalue weighted by Gasteiger charge is -2.30. The van der Waals surface area contributed by atoms with Crippen molar-refractivity contribution in [3.8, 4) is 11.5 Å². The predicted octanol–water partition coefficient (Wildman–Crippen LogP) is 3.55. The Balaban J connectivity index is 1.42. The molecule has 226 valence electrons. The van der Waals surface area contributed by atoms with Gasteiger partial charge in [0.2, 0.25) is 11.8 Å². The Morgan fingerprint density at radius 1 is 1.07 bits per heavy atom. The third-order valence-electron chi connectivity index (χ3n) is 6.70. The largest absolute Gasteiger partial charge is 0.490 e. The normalized spacial score (nSPS) is 19.5.